The van der Waals surface area contributed by atoms with Crippen LogP contribution in [0.3, 0.4) is 0 Å². The minimum absolute atomic E-state index is 0.0636. The van der Waals surface area contributed by atoms with Gasteiger partial charge in [-0.1, -0.05) is 0 Å². The number of aryl methyl sites for hydroxylation is 1. The number of rotatable bonds is 4. The number of fused-ring (bicyclic) bond motifs is 1. The second-order valence-corrected chi connectivity index (χ2v) is 7.61. The van der Waals surface area contributed by atoms with Crippen molar-refractivity contribution < 1.29 is 23.8 Å². The van der Waals surface area contributed by atoms with Gasteiger partial charge in [0.15, 0.2) is 5.78 Å². The zero-order valence-corrected chi connectivity index (χ0v) is 17.4. The molecule has 2 aliphatic heterocycles. The van der Waals surface area contributed by atoms with Crippen molar-refractivity contribution >= 4 is 17.6 Å². The standard InChI is InChI=1S/C22H25N3O5/c1-4-29-21(27)17-13-23-14(2)24-20(17)25-9-7-22(8-10-25)12-18(26)16-11-15(28-3)5-6-19(16)30-22/h5-6,11,13H,4,7-10,12H2,1-3H3. The van der Waals surface area contributed by atoms with E-state index in [4.69, 9.17) is 14.2 Å². The molecule has 2 aliphatic rings. The van der Waals surface area contributed by atoms with Crippen LogP contribution < -0.4 is 14.4 Å². The molecule has 1 aromatic heterocycles. The van der Waals surface area contributed by atoms with E-state index in [1.165, 1.54) is 6.20 Å². The molecule has 1 saturated heterocycles. The van der Waals surface area contributed by atoms with E-state index in [0.717, 1.165) is 0 Å². The van der Waals surface area contributed by atoms with Gasteiger partial charge < -0.3 is 19.1 Å². The Morgan fingerprint density at radius 3 is 2.77 bits per heavy atom. The number of aromatic nitrogens is 2. The third-order valence-corrected chi connectivity index (χ3v) is 5.65. The third kappa shape index (κ3) is 3.69. The molecule has 30 heavy (non-hydrogen) atoms. The molecule has 8 heteroatoms. The van der Waals surface area contributed by atoms with Crippen LogP contribution in [0.4, 0.5) is 5.82 Å². The maximum absolute atomic E-state index is 12.8. The molecule has 0 atom stereocenters. The lowest BCUT2D eigenvalue weighted by Crippen LogP contribution is -2.51. The minimum atomic E-state index is -0.540. The highest BCUT2D eigenvalue weighted by Gasteiger charge is 2.43. The van der Waals surface area contributed by atoms with Gasteiger partial charge >= 0.3 is 5.97 Å². The number of nitrogens with zero attached hydrogens (tertiary/aromatic N) is 3. The molecule has 0 bridgehead atoms. The van der Waals surface area contributed by atoms with Crippen LogP contribution in [0.5, 0.6) is 11.5 Å². The highest BCUT2D eigenvalue weighted by molar-refractivity contribution is 6.00. The van der Waals surface area contributed by atoms with Crippen molar-refractivity contribution in [3.05, 3.63) is 41.3 Å². The number of Topliss-reactive ketones (excluding diaryl/α,β-unsaturated/α-hetero) is 1. The van der Waals surface area contributed by atoms with Gasteiger partial charge in [-0.15, -0.1) is 0 Å². The topological polar surface area (TPSA) is 90.9 Å². The number of carbonyl (C=O) groups is 2. The summed E-state index contributed by atoms with van der Waals surface area (Å²) < 4.78 is 16.7. The molecule has 0 unspecified atom stereocenters. The van der Waals surface area contributed by atoms with Gasteiger partial charge in [0.2, 0.25) is 0 Å². The highest BCUT2D eigenvalue weighted by Crippen LogP contribution is 2.41. The van der Waals surface area contributed by atoms with Gasteiger partial charge in [0.05, 0.1) is 25.7 Å². The number of ketones is 1. The summed E-state index contributed by atoms with van der Waals surface area (Å²) >= 11 is 0. The Morgan fingerprint density at radius 1 is 1.30 bits per heavy atom. The van der Waals surface area contributed by atoms with Crippen molar-refractivity contribution in [1.29, 1.82) is 0 Å². The Labute approximate surface area is 175 Å². The summed E-state index contributed by atoms with van der Waals surface area (Å²) in [4.78, 5) is 35.8. The van der Waals surface area contributed by atoms with E-state index in [-0.39, 0.29) is 12.4 Å². The molecule has 3 heterocycles. The number of piperidine rings is 1. The van der Waals surface area contributed by atoms with E-state index >= 15 is 0 Å². The van der Waals surface area contributed by atoms with Gasteiger partial charge in [-0.25, -0.2) is 14.8 Å². The summed E-state index contributed by atoms with van der Waals surface area (Å²) in [5.74, 6) is 2.04. The Kier molecular flexibility index (Phi) is 5.32. The molecule has 4 rings (SSSR count). The first-order valence-corrected chi connectivity index (χ1v) is 10.1. The van der Waals surface area contributed by atoms with E-state index in [0.29, 0.717) is 66.6 Å². The number of methoxy groups -OCH3 is 1. The van der Waals surface area contributed by atoms with Gasteiger partial charge in [-0.2, -0.15) is 0 Å². The Morgan fingerprint density at radius 2 is 2.07 bits per heavy atom. The van der Waals surface area contributed by atoms with Gasteiger partial charge in [0.1, 0.15) is 34.3 Å². The zero-order chi connectivity index (χ0) is 21.3. The molecule has 0 radical (unpaired) electrons. The average molecular weight is 411 g/mol. The summed E-state index contributed by atoms with van der Waals surface area (Å²) in [5, 5.41) is 0. The molecule has 0 N–H and O–H groups in total. The summed E-state index contributed by atoms with van der Waals surface area (Å²) in [7, 11) is 1.58. The van der Waals surface area contributed by atoms with Crippen LogP contribution in [-0.2, 0) is 4.74 Å². The molecule has 158 valence electrons. The zero-order valence-electron chi connectivity index (χ0n) is 17.4. The van der Waals surface area contributed by atoms with Crippen LogP contribution in [0.15, 0.2) is 24.4 Å². The predicted molar refractivity (Wildman–Crippen MR) is 109 cm³/mol. The second-order valence-electron chi connectivity index (χ2n) is 7.61. The lowest BCUT2D eigenvalue weighted by atomic mass is 9.82. The van der Waals surface area contributed by atoms with Crippen molar-refractivity contribution in [2.45, 2.75) is 38.7 Å². The highest BCUT2D eigenvalue weighted by atomic mass is 16.5. The maximum Gasteiger partial charge on any atom is 0.343 e. The third-order valence-electron chi connectivity index (χ3n) is 5.65. The van der Waals surface area contributed by atoms with E-state index in [9.17, 15) is 9.59 Å². The van der Waals surface area contributed by atoms with E-state index < -0.39 is 11.6 Å². The predicted octanol–water partition coefficient (Wildman–Crippen LogP) is 2.97. The molecule has 0 amide bonds. The van der Waals surface area contributed by atoms with Crippen molar-refractivity contribution in [1.82, 2.24) is 9.97 Å². The average Bonchev–Trinajstić information content (AvgIpc) is 2.74. The number of ether oxygens (including phenoxy) is 3. The summed E-state index contributed by atoms with van der Waals surface area (Å²) in [6.07, 6.45) is 3.14. The maximum atomic E-state index is 12.8. The molecule has 8 nitrogen and oxygen atoms in total. The van der Waals surface area contributed by atoms with E-state index in [2.05, 4.69) is 9.97 Å². The van der Waals surface area contributed by atoms with Crippen molar-refractivity contribution in [3.63, 3.8) is 0 Å². The lowest BCUT2D eigenvalue weighted by Gasteiger charge is -2.44. The fourth-order valence-corrected chi connectivity index (χ4v) is 4.06. The van der Waals surface area contributed by atoms with Gasteiger partial charge in [0, 0.05) is 32.1 Å². The van der Waals surface area contributed by atoms with Crippen molar-refractivity contribution in [2.24, 2.45) is 0 Å². The smallest absolute Gasteiger partial charge is 0.343 e. The molecular formula is C22H25N3O5. The molecule has 2 aromatic rings. The monoisotopic (exact) mass is 411 g/mol. The normalized spacial score (nSPS) is 17.3. The number of benzene rings is 1. The number of esters is 1. The Bertz CT molecular complexity index is 983. The number of hydrogen-bond donors (Lipinski definition) is 0. The molecule has 0 aliphatic carbocycles. The fraction of sp³-hybridized carbons (Fsp3) is 0.455. The van der Waals surface area contributed by atoms with Crippen LogP contribution in [0.1, 0.15) is 52.7 Å². The van der Waals surface area contributed by atoms with Crippen LogP contribution >= 0.6 is 0 Å². The largest absolute Gasteiger partial charge is 0.497 e. The van der Waals surface area contributed by atoms with Gasteiger partial charge in [-0.3, -0.25) is 4.79 Å². The first kappa shape index (κ1) is 20.1. The van der Waals surface area contributed by atoms with Gasteiger partial charge in [-0.05, 0) is 32.0 Å². The number of carbonyl (C=O) groups excluding carboxylic acids is 2. The molecule has 0 saturated carbocycles. The first-order valence-electron chi connectivity index (χ1n) is 10.1. The lowest BCUT2D eigenvalue weighted by molar-refractivity contribution is 0.0230. The number of hydrogen-bond acceptors (Lipinski definition) is 8. The molecule has 1 aromatic carbocycles. The van der Waals surface area contributed by atoms with Crippen LogP contribution in [0.2, 0.25) is 0 Å². The molecular weight excluding hydrogens is 386 g/mol. The fourth-order valence-electron chi connectivity index (χ4n) is 4.06. The Hall–Kier alpha value is -3.16. The SMILES string of the molecule is CCOC(=O)c1cnc(C)nc1N1CCC2(CC1)CC(=O)c1cc(OC)ccc1O2. The molecule has 1 spiro atoms. The van der Waals surface area contributed by atoms with Crippen molar-refractivity contribution in [2.75, 3.05) is 31.7 Å². The summed E-state index contributed by atoms with van der Waals surface area (Å²) in [6.45, 7) is 5.07. The quantitative estimate of drug-likeness (QED) is 0.709. The van der Waals surface area contributed by atoms with Crippen molar-refractivity contribution in [3.8, 4) is 11.5 Å². The summed E-state index contributed by atoms with van der Waals surface area (Å²) in [5.41, 5.74) is 0.385. The molecule has 1 fully saturated rings. The van der Waals surface area contributed by atoms with Crippen LogP contribution in [-0.4, -0.2) is 54.1 Å². The first-order chi connectivity index (χ1) is 14.4. The van der Waals surface area contributed by atoms with E-state index in [1.807, 2.05) is 4.90 Å². The van der Waals surface area contributed by atoms with Crippen LogP contribution in [0.25, 0.3) is 0 Å². The second kappa shape index (κ2) is 7.93. The summed E-state index contributed by atoms with van der Waals surface area (Å²) in [6, 6.07) is 5.33. The minimum Gasteiger partial charge on any atom is -0.497 e. The van der Waals surface area contributed by atoms with Gasteiger partial charge in [0.25, 0.3) is 0 Å². The van der Waals surface area contributed by atoms with E-state index in [1.54, 1.807) is 39.2 Å². The number of anilines is 1. The van der Waals surface area contributed by atoms with Crippen LogP contribution in [0, 0.1) is 6.92 Å². The Balaban J connectivity index is 1.54.